The summed E-state index contributed by atoms with van der Waals surface area (Å²) in [4.78, 5) is 24.3. The van der Waals surface area contributed by atoms with E-state index in [1.807, 2.05) is 0 Å². The summed E-state index contributed by atoms with van der Waals surface area (Å²) < 4.78 is 0. The van der Waals surface area contributed by atoms with Crippen molar-refractivity contribution < 1.29 is 24.6 Å². The predicted molar refractivity (Wildman–Crippen MR) is 51.3 cm³/mol. The second-order valence-electron chi connectivity index (χ2n) is 3.64. The number of hydrogen-bond acceptors (Lipinski definition) is 3. The van der Waals surface area contributed by atoms with Gasteiger partial charge in [0.15, 0.2) is 0 Å². The highest BCUT2D eigenvalue weighted by molar-refractivity contribution is 6.62. The third-order valence-corrected chi connectivity index (χ3v) is 2.14. The van der Waals surface area contributed by atoms with Crippen LogP contribution in [0.5, 0.6) is 0 Å². The fourth-order valence-electron chi connectivity index (χ4n) is 1.15. The Balaban J connectivity index is 4.87. The third kappa shape index (κ3) is 3.27. The van der Waals surface area contributed by atoms with Crippen LogP contribution in [0.4, 0.5) is 0 Å². The summed E-state index contributed by atoms with van der Waals surface area (Å²) in [6, 6.07) is 0. The first-order valence-corrected chi connectivity index (χ1v) is 4.50. The van der Waals surface area contributed by atoms with Crippen LogP contribution in [0.1, 0.15) is 20.8 Å². The second kappa shape index (κ2) is 5.38. The highest BCUT2D eigenvalue weighted by Gasteiger charge is 2.37. The van der Waals surface area contributed by atoms with Crippen molar-refractivity contribution in [2.45, 2.75) is 26.9 Å². The summed E-state index contributed by atoms with van der Waals surface area (Å²) in [5.41, 5.74) is 7.38. The maximum atomic E-state index is 11.4. The van der Waals surface area contributed by atoms with Crippen molar-refractivity contribution in [1.29, 1.82) is 0 Å². The molecule has 0 amide bonds. The van der Waals surface area contributed by atoms with E-state index < -0.39 is 29.5 Å². The smallest absolute Gasteiger partial charge is 0.441 e. The lowest BCUT2D eigenvalue weighted by Crippen LogP contribution is -2.37. The van der Waals surface area contributed by atoms with E-state index in [1.165, 1.54) is 6.92 Å². The number of ketones is 1. The molecule has 15 heavy (non-hydrogen) atoms. The maximum absolute atomic E-state index is 11.4. The van der Waals surface area contributed by atoms with Crippen LogP contribution in [0, 0.1) is 11.8 Å². The second-order valence-corrected chi connectivity index (χ2v) is 3.64. The van der Waals surface area contributed by atoms with Crippen LogP contribution in [0.2, 0.25) is 0 Å². The molecule has 0 saturated heterocycles. The Labute approximate surface area is 87.2 Å². The monoisotopic (exact) mass is 214 g/mol. The van der Waals surface area contributed by atoms with Gasteiger partial charge in [0.1, 0.15) is 0 Å². The molecule has 0 unspecified atom stereocenters. The number of aliphatic carboxylic acids is 1. The predicted octanol–water partition coefficient (Wildman–Crippen LogP) is -0.0361. The molecular formula is C9H14N2O4. The van der Waals surface area contributed by atoms with E-state index in [2.05, 4.69) is 4.79 Å². The van der Waals surface area contributed by atoms with Gasteiger partial charge in [-0.3, -0.25) is 4.79 Å². The van der Waals surface area contributed by atoms with Crippen LogP contribution in [-0.2, 0) is 9.59 Å². The number of carboxylic acid groups (broad SMARTS) is 1. The van der Waals surface area contributed by atoms with Crippen LogP contribution in [0.15, 0.2) is 0 Å². The quantitative estimate of drug-likeness (QED) is 0.289. The first-order chi connectivity index (χ1) is 6.82. The molecule has 0 aliphatic carbocycles. The van der Waals surface area contributed by atoms with Gasteiger partial charge in [0.05, 0.1) is 12.0 Å². The highest BCUT2D eigenvalue weighted by Crippen LogP contribution is 2.13. The van der Waals surface area contributed by atoms with Crippen molar-refractivity contribution in [1.82, 2.24) is 0 Å². The molecule has 0 aromatic rings. The number of aliphatic hydroxyl groups excluding tert-OH is 1. The summed E-state index contributed by atoms with van der Waals surface area (Å²) in [6.07, 6.45) is -0.964. The number of carbonyl (C=O) groups is 2. The number of Topliss-reactive ketones (excluding diaryl/α,β-unsaturated/α-hetero) is 1. The maximum Gasteiger partial charge on any atom is 0.441 e. The summed E-state index contributed by atoms with van der Waals surface area (Å²) in [5, 5.41) is 18.1. The minimum absolute atomic E-state index is 0.183. The van der Waals surface area contributed by atoms with Gasteiger partial charge in [-0.15, -0.1) is 0 Å². The van der Waals surface area contributed by atoms with Crippen molar-refractivity contribution in [3.05, 3.63) is 5.53 Å². The van der Waals surface area contributed by atoms with Crippen LogP contribution in [0.25, 0.3) is 5.53 Å². The van der Waals surface area contributed by atoms with Crippen LogP contribution >= 0.6 is 0 Å². The average molecular weight is 214 g/mol. The Bertz CT molecular complexity index is 318. The number of hydrogen-bond donors (Lipinski definition) is 2. The van der Waals surface area contributed by atoms with Crippen LogP contribution in [0.3, 0.4) is 0 Å². The standard InChI is InChI=1S/C9H14N2O4/c1-4(2)7(12)5(3)8(13)6(11-10)9(14)15/h4-5,7,12H,1-3H3,(H,14,15)/t5-,7+/m1/s1. The summed E-state index contributed by atoms with van der Waals surface area (Å²) >= 11 is 0. The number of rotatable bonds is 5. The zero-order valence-electron chi connectivity index (χ0n) is 8.84. The van der Waals surface area contributed by atoms with Crippen molar-refractivity contribution in [2.24, 2.45) is 11.8 Å². The Hall–Kier alpha value is -1.52. The lowest BCUT2D eigenvalue weighted by atomic mass is 9.89. The number of aliphatic hydroxyl groups is 1. The summed E-state index contributed by atoms with van der Waals surface area (Å²) in [6.45, 7) is 4.79. The van der Waals surface area contributed by atoms with E-state index in [9.17, 15) is 14.7 Å². The largest absolute Gasteiger partial charge is 0.472 e. The molecule has 0 bridgehead atoms. The molecule has 0 spiro atoms. The van der Waals surface area contributed by atoms with Crippen molar-refractivity contribution in [2.75, 3.05) is 0 Å². The Morgan fingerprint density at radius 1 is 1.27 bits per heavy atom. The number of carbonyl (C=O) groups excluding carboxylic acids is 1. The normalized spacial score (nSPS) is 14.2. The summed E-state index contributed by atoms with van der Waals surface area (Å²) in [7, 11) is 0. The van der Waals surface area contributed by atoms with E-state index >= 15 is 0 Å². The topological polar surface area (TPSA) is 111 Å². The molecule has 0 aliphatic heterocycles. The van der Waals surface area contributed by atoms with Crippen LogP contribution < -0.4 is 0 Å². The van der Waals surface area contributed by atoms with E-state index in [1.54, 1.807) is 13.8 Å². The van der Waals surface area contributed by atoms with Gasteiger partial charge in [-0.2, -0.15) is 4.79 Å². The van der Waals surface area contributed by atoms with Gasteiger partial charge in [0.25, 0.3) is 5.78 Å². The van der Waals surface area contributed by atoms with Crippen LogP contribution in [-0.4, -0.2) is 38.6 Å². The molecule has 0 aliphatic rings. The molecule has 0 rings (SSSR count). The molecule has 0 aromatic heterocycles. The van der Waals surface area contributed by atoms with Gasteiger partial charge in [-0.25, -0.2) is 4.79 Å². The van der Waals surface area contributed by atoms with Crippen molar-refractivity contribution >= 4 is 17.5 Å². The number of carboxylic acids is 1. The van der Waals surface area contributed by atoms with Gasteiger partial charge < -0.3 is 15.7 Å². The SMILES string of the molecule is CC(C)[C@H](O)[C@@H](C)C(=O)C(=[N+]=[N-])C(=O)O. The van der Waals surface area contributed by atoms with Gasteiger partial charge >= 0.3 is 11.7 Å². The molecule has 84 valence electrons. The fourth-order valence-corrected chi connectivity index (χ4v) is 1.15. The van der Waals surface area contributed by atoms with E-state index in [-0.39, 0.29) is 5.92 Å². The lowest BCUT2D eigenvalue weighted by Gasteiger charge is -2.18. The molecular weight excluding hydrogens is 200 g/mol. The van der Waals surface area contributed by atoms with E-state index in [4.69, 9.17) is 10.6 Å². The van der Waals surface area contributed by atoms with Gasteiger partial charge in [0, 0.05) is 0 Å². The van der Waals surface area contributed by atoms with Gasteiger partial charge in [-0.05, 0) is 5.92 Å². The minimum Gasteiger partial charge on any atom is -0.472 e. The average Bonchev–Trinajstić information content (AvgIpc) is 2.15. The third-order valence-electron chi connectivity index (χ3n) is 2.14. The van der Waals surface area contributed by atoms with E-state index in [0.29, 0.717) is 0 Å². The molecule has 0 aromatic carbocycles. The van der Waals surface area contributed by atoms with Gasteiger partial charge in [-0.1, -0.05) is 20.8 Å². The minimum atomic E-state index is -1.61. The zero-order chi connectivity index (χ0) is 12.2. The molecule has 0 radical (unpaired) electrons. The molecule has 6 heteroatoms. The summed E-state index contributed by atoms with van der Waals surface area (Å²) in [5.74, 6) is -3.58. The molecule has 6 nitrogen and oxygen atoms in total. The number of nitrogens with zero attached hydrogens (tertiary/aromatic N) is 2. The molecule has 0 saturated carbocycles. The van der Waals surface area contributed by atoms with Gasteiger partial charge in [0.2, 0.25) is 0 Å². The Morgan fingerprint density at radius 3 is 2.00 bits per heavy atom. The lowest BCUT2D eigenvalue weighted by molar-refractivity contribution is -0.138. The molecule has 0 fully saturated rings. The first-order valence-electron chi connectivity index (χ1n) is 4.50. The highest BCUT2D eigenvalue weighted by atomic mass is 16.4. The Kier molecular flexibility index (Phi) is 4.84. The molecule has 2 atom stereocenters. The zero-order valence-corrected chi connectivity index (χ0v) is 8.84. The molecule has 0 heterocycles. The van der Waals surface area contributed by atoms with E-state index in [0.717, 1.165) is 0 Å². The van der Waals surface area contributed by atoms with Crippen molar-refractivity contribution in [3.63, 3.8) is 0 Å². The fraction of sp³-hybridized carbons (Fsp3) is 0.667. The van der Waals surface area contributed by atoms with Crippen molar-refractivity contribution in [3.8, 4) is 0 Å². The molecule has 2 N–H and O–H groups in total. The Morgan fingerprint density at radius 2 is 1.73 bits per heavy atom. The first kappa shape index (κ1) is 13.5.